The minimum absolute atomic E-state index is 0.0316. The summed E-state index contributed by atoms with van der Waals surface area (Å²) in [5.74, 6) is 0.928. The number of hydrogen-bond acceptors (Lipinski definition) is 4. The molecule has 0 aromatic heterocycles. The van der Waals surface area contributed by atoms with Gasteiger partial charge in [-0.05, 0) is 62.6 Å². The zero-order valence-corrected chi connectivity index (χ0v) is 18.0. The zero-order chi connectivity index (χ0) is 22.0. The number of ether oxygens (including phenoxy) is 2. The maximum atomic E-state index is 13.6. The lowest BCUT2D eigenvalue weighted by molar-refractivity contribution is -0.126. The maximum absolute atomic E-state index is 13.6. The highest BCUT2D eigenvalue weighted by Gasteiger charge is 2.30. The molecule has 2 aromatic carbocycles. The van der Waals surface area contributed by atoms with Gasteiger partial charge in [-0.2, -0.15) is 0 Å². The topological polar surface area (TPSA) is 59.0 Å². The summed E-state index contributed by atoms with van der Waals surface area (Å²) in [4.78, 5) is 15.1. The summed E-state index contributed by atoms with van der Waals surface area (Å²) in [6, 6.07) is 11.7. The van der Waals surface area contributed by atoms with Crippen molar-refractivity contribution in [2.24, 2.45) is 0 Å². The van der Waals surface area contributed by atoms with Crippen molar-refractivity contribution in [1.82, 2.24) is 4.90 Å². The van der Waals surface area contributed by atoms with E-state index >= 15 is 0 Å². The Morgan fingerprint density at radius 3 is 2.55 bits per heavy atom. The highest BCUT2D eigenvalue weighted by Crippen LogP contribution is 2.40. The normalized spacial score (nSPS) is 16.2. The Morgan fingerprint density at radius 1 is 1.16 bits per heavy atom. The fourth-order valence-corrected chi connectivity index (χ4v) is 3.95. The van der Waals surface area contributed by atoms with Gasteiger partial charge in [0.25, 0.3) is 5.91 Å². The molecule has 5 nitrogen and oxygen atoms in total. The molecule has 2 aliphatic heterocycles. The number of rotatable bonds is 6. The fraction of sp³-hybridized carbons (Fsp3) is 0.400. The van der Waals surface area contributed by atoms with Crippen molar-refractivity contribution in [2.45, 2.75) is 38.7 Å². The van der Waals surface area contributed by atoms with Gasteiger partial charge in [0.15, 0.2) is 0 Å². The van der Waals surface area contributed by atoms with Crippen LogP contribution < -0.4 is 9.47 Å². The largest absolute Gasteiger partial charge is 0.493 e. The molecule has 6 heteroatoms. The van der Waals surface area contributed by atoms with E-state index in [0.717, 1.165) is 42.6 Å². The minimum Gasteiger partial charge on any atom is -0.493 e. The standard InChI is InChI=1S/C25H28FNO4/c1-25(2,29)11-14-30-19-9-10-22-20(15-19)23(17-5-7-18(26)8-6-17)21(16-31-22)24(28)27-12-3-4-13-27/h5-10,15,29H,3-4,11-14,16H2,1-2H3. The molecule has 2 aliphatic rings. The Balaban J connectivity index is 1.73. The number of fused-ring (bicyclic) bond motifs is 1. The van der Waals surface area contributed by atoms with Crippen molar-refractivity contribution in [3.8, 4) is 11.5 Å². The van der Waals surface area contributed by atoms with E-state index in [0.29, 0.717) is 30.1 Å². The van der Waals surface area contributed by atoms with Crippen LogP contribution in [-0.2, 0) is 4.79 Å². The molecule has 4 rings (SSSR count). The number of likely N-dealkylation sites (tertiary alicyclic amines) is 1. The van der Waals surface area contributed by atoms with Gasteiger partial charge in [-0.15, -0.1) is 0 Å². The molecule has 31 heavy (non-hydrogen) atoms. The van der Waals surface area contributed by atoms with Crippen molar-refractivity contribution in [1.29, 1.82) is 0 Å². The smallest absolute Gasteiger partial charge is 0.253 e. The summed E-state index contributed by atoms with van der Waals surface area (Å²) >= 11 is 0. The molecule has 1 N–H and O–H groups in total. The Morgan fingerprint density at radius 2 is 1.87 bits per heavy atom. The molecule has 0 unspecified atom stereocenters. The molecule has 2 heterocycles. The van der Waals surface area contributed by atoms with Crippen molar-refractivity contribution in [3.63, 3.8) is 0 Å². The Kier molecular flexibility index (Phi) is 6.01. The van der Waals surface area contributed by atoms with Crippen LogP contribution in [0.15, 0.2) is 48.0 Å². The summed E-state index contributed by atoms with van der Waals surface area (Å²) in [6.45, 7) is 5.50. The first-order valence-electron chi connectivity index (χ1n) is 10.7. The van der Waals surface area contributed by atoms with E-state index < -0.39 is 5.60 Å². The van der Waals surface area contributed by atoms with Gasteiger partial charge in [0.2, 0.25) is 0 Å². The second-order valence-corrected chi connectivity index (χ2v) is 8.72. The van der Waals surface area contributed by atoms with Gasteiger partial charge in [-0.3, -0.25) is 4.79 Å². The van der Waals surface area contributed by atoms with Crippen LogP contribution in [0.2, 0.25) is 0 Å². The van der Waals surface area contributed by atoms with Gasteiger partial charge in [0, 0.05) is 30.6 Å². The first-order valence-corrected chi connectivity index (χ1v) is 10.7. The van der Waals surface area contributed by atoms with E-state index in [1.54, 1.807) is 26.0 Å². The molecule has 1 amide bonds. The van der Waals surface area contributed by atoms with Gasteiger partial charge in [-0.1, -0.05) is 12.1 Å². The number of hydrogen-bond donors (Lipinski definition) is 1. The van der Waals surface area contributed by atoms with Crippen LogP contribution >= 0.6 is 0 Å². The van der Waals surface area contributed by atoms with E-state index in [4.69, 9.17) is 9.47 Å². The minimum atomic E-state index is -0.814. The molecule has 2 aromatic rings. The van der Waals surface area contributed by atoms with E-state index in [1.807, 2.05) is 23.1 Å². The number of carbonyl (C=O) groups excluding carboxylic acids is 1. The van der Waals surface area contributed by atoms with E-state index in [2.05, 4.69) is 0 Å². The van der Waals surface area contributed by atoms with Gasteiger partial charge in [0.05, 0.1) is 17.8 Å². The molecule has 0 atom stereocenters. The van der Waals surface area contributed by atoms with Crippen LogP contribution in [-0.4, -0.2) is 47.8 Å². The van der Waals surface area contributed by atoms with Crippen molar-refractivity contribution < 1.29 is 23.8 Å². The lowest BCUT2D eigenvalue weighted by atomic mass is 9.90. The van der Waals surface area contributed by atoms with Gasteiger partial charge < -0.3 is 19.5 Å². The quantitative estimate of drug-likeness (QED) is 0.754. The summed E-state index contributed by atoms with van der Waals surface area (Å²) in [5.41, 5.74) is 2.04. The molecule has 0 radical (unpaired) electrons. The predicted molar refractivity (Wildman–Crippen MR) is 117 cm³/mol. The number of aliphatic hydroxyl groups is 1. The SMILES string of the molecule is CC(C)(O)CCOc1ccc2c(c1)C(c1ccc(F)cc1)=C(C(=O)N1CCCC1)CO2. The molecular formula is C25H28FNO4. The molecule has 0 aliphatic carbocycles. The fourth-order valence-electron chi connectivity index (χ4n) is 3.95. The van der Waals surface area contributed by atoms with Crippen molar-refractivity contribution in [3.05, 3.63) is 65.0 Å². The highest BCUT2D eigenvalue weighted by atomic mass is 19.1. The number of amides is 1. The second-order valence-electron chi connectivity index (χ2n) is 8.72. The first kappa shape index (κ1) is 21.4. The average Bonchev–Trinajstić information content (AvgIpc) is 3.27. The third kappa shape index (κ3) is 4.90. The second kappa shape index (κ2) is 8.71. The summed E-state index contributed by atoms with van der Waals surface area (Å²) < 4.78 is 25.4. The van der Waals surface area contributed by atoms with Crippen molar-refractivity contribution >= 4 is 11.5 Å². The lowest BCUT2D eigenvalue weighted by Gasteiger charge is -2.27. The molecule has 0 spiro atoms. The third-order valence-electron chi connectivity index (χ3n) is 5.66. The third-order valence-corrected chi connectivity index (χ3v) is 5.66. The summed E-state index contributed by atoms with van der Waals surface area (Å²) in [7, 11) is 0. The van der Waals surface area contributed by atoms with Crippen LogP contribution in [0.25, 0.3) is 5.57 Å². The van der Waals surface area contributed by atoms with E-state index in [9.17, 15) is 14.3 Å². The van der Waals surface area contributed by atoms with Crippen LogP contribution in [0.4, 0.5) is 4.39 Å². The predicted octanol–water partition coefficient (Wildman–Crippen LogP) is 4.18. The Hall–Kier alpha value is -2.86. The average molecular weight is 426 g/mol. The lowest BCUT2D eigenvalue weighted by Crippen LogP contribution is -2.33. The monoisotopic (exact) mass is 425 g/mol. The maximum Gasteiger partial charge on any atom is 0.253 e. The van der Waals surface area contributed by atoms with Crippen LogP contribution in [0.1, 0.15) is 44.2 Å². The van der Waals surface area contributed by atoms with Gasteiger partial charge in [-0.25, -0.2) is 4.39 Å². The number of halogens is 1. The Bertz CT molecular complexity index is 986. The summed E-state index contributed by atoms with van der Waals surface area (Å²) in [6.07, 6.45) is 2.49. The molecule has 164 valence electrons. The molecule has 0 saturated carbocycles. The number of benzene rings is 2. The summed E-state index contributed by atoms with van der Waals surface area (Å²) in [5, 5.41) is 9.92. The van der Waals surface area contributed by atoms with Crippen LogP contribution in [0.3, 0.4) is 0 Å². The Labute approximate surface area is 182 Å². The first-order chi connectivity index (χ1) is 14.8. The zero-order valence-electron chi connectivity index (χ0n) is 18.0. The number of carbonyl (C=O) groups is 1. The number of nitrogens with zero attached hydrogens (tertiary/aromatic N) is 1. The van der Waals surface area contributed by atoms with Gasteiger partial charge in [0.1, 0.15) is 23.9 Å². The van der Waals surface area contributed by atoms with Crippen molar-refractivity contribution in [2.75, 3.05) is 26.3 Å². The molecule has 1 fully saturated rings. The molecule has 1 saturated heterocycles. The molecule has 0 bridgehead atoms. The molecular weight excluding hydrogens is 397 g/mol. The van der Waals surface area contributed by atoms with Crippen LogP contribution in [0.5, 0.6) is 11.5 Å². The van der Waals surface area contributed by atoms with Crippen LogP contribution in [0, 0.1) is 5.82 Å². The van der Waals surface area contributed by atoms with Gasteiger partial charge >= 0.3 is 0 Å². The van der Waals surface area contributed by atoms with E-state index in [-0.39, 0.29) is 18.3 Å². The highest BCUT2D eigenvalue weighted by molar-refractivity contribution is 6.06. The van der Waals surface area contributed by atoms with E-state index in [1.165, 1.54) is 12.1 Å².